The van der Waals surface area contributed by atoms with Crippen LogP contribution < -0.4 is 9.64 Å². The molecule has 0 fully saturated rings. The molecule has 116 valence electrons. The molecule has 0 radical (unpaired) electrons. The number of ether oxygens (including phenoxy) is 1. The average molecular weight is 320 g/mol. The van der Waals surface area contributed by atoms with Gasteiger partial charge in [-0.25, -0.2) is 4.39 Å². The van der Waals surface area contributed by atoms with Crippen molar-refractivity contribution in [3.05, 3.63) is 64.4 Å². The molecule has 0 atom stereocenters. The van der Waals surface area contributed by atoms with Gasteiger partial charge in [0.25, 0.3) is 0 Å². The molecule has 0 bridgehead atoms. The number of allylic oxidation sites excluding steroid dienone is 1. The quantitative estimate of drug-likeness (QED) is 0.763. The standard InChI is InChI=1S/C18H19ClFNO/c1-13(19)10-15-11-16(20)5-4-14(15)12-21(2)17-6-8-18(22-3)9-7-17/h4-11H,12H2,1-3H3/b13-10-. The van der Waals surface area contributed by atoms with Gasteiger partial charge in [-0.2, -0.15) is 0 Å². The second-order valence-electron chi connectivity index (χ2n) is 5.13. The lowest BCUT2D eigenvalue weighted by Gasteiger charge is -2.21. The average Bonchev–Trinajstić information content (AvgIpc) is 2.49. The minimum absolute atomic E-state index is 0.264. The molecule has 4 heteroatoms. The summed E-state index contributed by atoms with van der Waals surface area (Å²) in [6, 6.07) is 12.6. The highest BCUT2D eigenvalue weighted by Gasteiger charge is 2.07. The molecule has 0 heterocycles. The molecule has 2 aromatic carbocycles. The van der Waals surface area contributed by atoms with Crippen LogP contribution in [0.25, 0.3) is 6.08 Å². The molecule has 0 aliphatic carbocycles. The van der Waals surface area contributed by atoms with Crippen molar-refractivity contribution in [3.63, 3.8) is 0 Å². The number of rotatable bonds is 5. The first-order chi connectivity index (χ1) is 10.5. The minimum Gasteiger partial charge on any atom is -0.497 e. The number of anilines is 1. The van der Waals surface area contributed by atoms with Crippen LogP contribution >= 0.6 is 11.6 Å². The Bertz CT molecular complexity index is 663. The van der Waals surface area contributed by atoms with Crippen LogP contribution in [0.5, 0.6) is 5.75 Å². The molecule has 0 unspecified atom stereocenters. The van der Waals surface area contributed by atoms with Crippen LogP contribution in [0, 0.1) is 5.82 Å². The fourth-order valence-electron chi connectivity index (χ4n) is 2.24. The van der Waals surface area contributed by atoms with E-state index in [1.165, 1.54) is 12.1 Å². The maximum atomic E-state index is 13.4. The summed E-state index contributed by atoms with van der Waals surface area (Å²) in [5.41, 5.74) is 2.87. The molecule has 2 rings (SSSR count). The van der Waals surface area contributed by atoms with Crippen LogP contribution in [0.2, 0.25) is 0 Å². The van der Waals surface area contributed by atoms with Crippen molar-refractivity contribution in [2.24, 2.45) is 0 Å². The van der Waals surface area contributed by atoms with Gasteiger partial charge in [0.2, 0.25) is 0 Å². The molecule has 0 saturated heterocycles. The van der Waals surface area contributed by atoms with Crippen LogP contribution in [-0.2, 0) is 6.54 Å². The lowest BCUT2D eigenvalue weighted by molar-refractivity contribution is 0.415. The summed E-state index contributed by atoms with van der Waals surface area (Å²) in [5, 5.41) is 0.624. The van der Waals surface area contributed by atoms with Crippen LogP contribution in [-0.4, -0.2) is 14.2 Å². The lowest BCUT2D eigenvalue weighted by atomic mass is 10.1. The van der Waals surface area contributed by atoms with Gasteiger partial charge in [-0.1, -0.05) is 17.7 Å². The molecule has 2 nitrogen and oxygen atoms in total. The third-order valence-electron chi connectivity index (χ3n) is 3.38. The molecule has 22 heavy (non-hydrogen) atoms. The van der Waals surface area contributed by atoms with Gasteiger partial charge in [0.15, 0.2) is 0 Å². The summed E-state index contributed by atoms with van der Waals surface area (Å²) in [4.78, 5) is 2.09. The van der Waals surface area contributed by atoms with Gasteiger partial charge in [0.05, 0.1) is 7.11 Å². The van der Waals surface area contributed by atoms with Crippen LogP contribution in [0.1, 0.15) is 18.1 Å². The van der Waals surface area contributed by atoms with Gasteiger partial charge in [-0.15, -0.1) is 0 Å². The Morgan fingerprint density at radius 3 is 2.50 bits per heavy atom. The summed E-state index contributed by atoms with van der Waals surface area (Å²) in [6.07, 6.45) is 1.78. The first-order valence-electron chi connectivity index (χ1n) is 6.97. The summed E-state index contributed by atoms with van der Waals surface area (Å²) in [6.45, 7) is 2.44. The predicted octanol–water partition coefficient (Wildman–Crippen LogP) is 5.07. The Labute approximate surface area is 135 Å². The number of nitrogens with zero attached hydrogens (tertiary/aromatic N) is 1. The Morgan fingerprint density at radius 2 is 1.91 bits per heavy atom. The first-order valence-corrected chi connectivity index (χ1v) is 7.35. The molecule has 0 aliphatic heterocycles. The zero-order chi connectivity index (χ0) is 16.1. The fourth-order valence-corrected chi connectivity index (χ4v) is 2.36. The van der Waals surface area contributed by atoms with Crippen molar-refractivity contribution in [3.8, 4) is 5.75 Å². The molecule has 0 amide bonds. The monoisotopic (exact) mass is 319 g/mol. The lowest BCUT2D eigenvalue weighted by Crippen LogP contribution is -2.17. The third kappa shape index (κ3) is 4.25. The first kappa shape index (κ1) is 16.4. The second-order valence-corrected chi connectivity index (χ2v) is 5.72. The van der Waals surface area contributed by atoms with E-state index in [1.54, 1.807) is 26.2 Å². The number of benzene rings is 2. The highest BCUT2D eigenvalue weighted by Crippen LogP contribution is 2.23. The van der Waals surface area contributed by atoms with E-state index in [9.17, 15) is 4.39 Å². The number of halogens is 2. The Balaban J connectivity index is 2.23. The summed E-state index contributed by atoms with van der Waals surface area (Å²) >= 11 is 5.93. The van der Waals surface area contributed by atoms with Crippen LogP contribution in [0.4, 0.5) is 10.1 Å². The molecule has 0 spiro atoms. The van der Waals surface area contributed by atoms with Gasteiger partial charge in [0, 0.05) is 24.3 Å². The summed E-state index contributed by atoms with van der Waals surface area (Å²) < 4.78 is 18.6. The van der Waals surface area contributed by atoms with E-state index in [1.807, 2.05) is 31.3 Å². The molecule has 0 aromatic heterocycles. The van der Waals surface area contributed by atoms with Crippen molar-refractivity contribution in [2.45, 2.75) is 13.5 Å². The number of hydrogen-bond acceptors (Lipinski definition) is 2. The molecule has 0 N–H and O–H groups in total. The number of methoxy groups -OCH3 is 1. The molecular weight excluding hydrogens is 301 g/mol. The minimum atomic E-state index is -0.264. The number of hydrogen-bond donors (Lipinski definition) is 0. The molecule has 2 aromatic rings. The zero-order valence-electron chi connectivity index (χ0n) is 12.9. The van der Waals surface area contributed by atoms with Gasteiger partial charge in [-0.05, 0) is 60.5 Å². The summed E-state index contributed by atoms with van der Waals surface area (Å²) in [7, 11) is 3.64. The van der Waals surface area contributed by atoms with Crippen LogP contribution in [0.3, 0.4) is 0 Å². The second kappa shape index (κ2) is 7.32. The largest absolute Gasteiger partial charge is 0.497 e. The van der Waals surface area contributed by atoms with E-state index in [0.717, 1.165) is 22.6 Å². The fraction of sp³-hybridized carbons (Fsp3) is 0.222. The maximum Gasteiger partial charge on any atom is 0.123 e. The highest BCUT2D eigenvalue weighted by molar-refractivity contribution is 6.31. The zero-order valence-corrected chi connectivity index (χ0v) is 13.7. The van der Waals surface area contributed by atoms with E-state index in [4.69, 9.17) is 16.3 Å². The van der Waals surface area contributed by atoms with Crippen LogP contribution in [0.15, 0.2) is 47.5 Å². The molecule has 0 saturated carbocycles. The van der Waals surface area contributed by atoms with Gasteiger partial charge < -0.3 is 9.64 Å². The maximum absolute atomic E-state index is 13.4. The van der Waals surface area contributed by atoms with Gasteiger partial charge in [-0.3, -0.25) is 0 Å². The topological polar surface area (TPSA) is 12.5 Å². The van der Waals surface area contributed by atoms with Crippen molar-refractivity contribution in [1.82, 2.24) is 0 Å². The predicted molar refractivity (Wildman–Crippen MR) is 91.0 cm³/mol. The SMILES string of the molecule is COc1ccc(N(C)Cc2ccc(F)cc2/C=C(/C)Cl)cc1. The van der Waals surface area contributed by atoms with Crippen molar-refractivity contribution < 1.29 is 9.13 Å². The van der Waals surface area contributed by atoms with Gasteiger partial charge >= 0.3 is 0 Å². The normalized spacial score (nSPS) is 11.4. The highest BCUT2D eigenvalue weighted by atomic mass is 35.5. The molecular formula is C18H19ClFNO. The van der Waals surface area contributed by atoms with Crippen molar-refractivity contribution in [1.29, 1.82) is 0 Å². The Hall–Kier alpha value is -2.00. The summed E-state index contributed by atoms with van der Waals surface area (Å²) in [5.74, 6) is 0.556. The van der Waals surface area contributed by atoms with E-state index in [0.29, 0.717) is 11.6 Å². The van der Waals surface area contributed by atoms with E-state index in [2.05, 4.69) is 4.90 Å². The van der Waals surface area contributed by atoms with Gasteiger partial charge in [0.1, 0.15) is 11.6 Å². The van der Waals surface area contributed by atoms with Crippen molar-refractivity contribution >= 4 is 23.4 Å². The van der Waals surface area contributed by atoms with E-state index in [-0.39, 0.29) is 5.82 Å². The molecule has 0 aliphatic rings. The third-order valence-corrected chi connectivity index (χ3v) is 3.49. The van der Waals surface area contributed by atoms with E-state index < -0.39 is 0 Å². The smallest absolute Gasteiger partial charge is 0.123 e. The Morgan fingerprint density at radius 1 is 1.23 bits per heavy atom. The van der Waals surface area contributed by atoms with E-state index >= 15 is 0 Å². The van der Waals surface area contributed by atoms with Crippen molar-refractivity contribution in [2.75, 3.05) is 19.1 Å². The Kier molecular flexibility index (Phi) is 5.45.